The second kappa shape index (κ2) is 7.26. The van der Waals surface area contributed by atoms with Gasteiger partial charge in [-0.2, -0.15) is 0 Å². The number of aliphatic carboxylic acids is 1. The molecule has 132 valence electrons. The number of hydrogen-bond donors (Lipinski definition) is 1. The number of hydrogen-bond acceptors (Lipinski definition) is 5. The zero-order valence-corrected chi connectivity index (χ0v) is 14.6. The molecule has 0 saturated heterocycles. The van der Waals surface area contributed by atoms with Crippen molar-refractivity contribution in [3.05, 3.63) is 62.6 Å². The van der Waals surface area contributed by atoms with Crippen molar-refractivity contribution >= 4 is 50.6 Å². The fraction of sp³-hybridized carbons (Fsp3) is 0.0714. The molecule has 0 aliphatic rings. The van der Waals surface area contributed by atoms with E-state index in [0.29, 0.717) is 4.31 Å². The van der Waals surface area contributed by atoms with Crippen LogP contribution in [0.4, 0.5) is 11.4 Å². The van der Waals surface area contributed by atoms with E-state index in [0.717, 1.165) is 24.3 Å². The molecule has 0 unspecified atom stereocenters. The van der Waals surface area contributed by atoms with Crippen molar-refractivity contribution in [1.29, 1.82) is 0 Å². The number of carbonyl (C=O) groups is 1. The Hall–Kier alpha value is -2.36. The minimum absolute atomic E-state index is 0.0495. The molecule has 0 saturated carbocycles. The number of non-ortho nitro benzene ring substituents is 1. The first-order valence-electron chi connectivity index (χ1n) is 6.57. The van der Waals surface area contributed by atoms with Gasteiger partial charge in [0.1, 0.15) is 6.54 Å². The van der Waals surface area contributed by atoms with Crippen molar-refractivity contribution in [2.45, 2.75) is 4.90 Å². The predicted molar refractivity (Wildman–Crippen MR) is 91.7 cm³/mol. The number of nitro benzene ring substituents is 1. The molecule has 2 aromatic rings. The molecule has 8 nitrogen and oxygen atoms in total. The van der Waals surface area contributed by atoms with Gasteiger partial charge in [-0.3, -0.25) is 19.2 Å². The van der Waals surface area contributed by atoms with Crippen molar-refractivity contribution in [1.82, 2.24) is 0 Å². The summed E-state index contributed by atoms with van der Waals surface area (Å²) in [6.45, 7) is -0.903. The van der Waals surface area contributed by atoms with E-state index in [2.05, 4.69) is 0 Å². The Kier molecular flexibility index (Phi) is 5.51. The number of nitro groups is 1. The molecule has 0 atom stereocenters. The number of carboxylic acid groups (broad SMARTS) is 1. The molecule has 0 spiro atoms. The molecule has 0 fully saturated rings. The lowest BCUT2D eigenvalue weighted by molar-refractivity contribution is -0.384. The summed E-state index contributed by atoms with van der Waals surface area (Å²) in [7, 11) is -4.34. The van der Waals surface area contributed by atoms with Gasteiger partial charge < -0.3 is 5.11 Å². The van der Waals surface area contributed by atoms with Gasteiger partial charge in [-0.15, -0.1) is 0 Å². The van der Waals surface area contributed by atoms with Crippen LogP contribution in [0.2, 0.25) is 10.0 Å². The van der Waals surface area contributed by atoms with E-state index in [4.69, 9.17) is 28.3 Å². The largest absolute Gasteiger partial charge is 0.480 e. The Morgan fingerprint density at radius 1 is 1.16 bits per heavy atom. The number of anilines is 1. The highest BCUT2D eigenvalue weighted by atomic mass is 35.5. The van der Waals surface area contributed by atoms with Crippen molar-refractivity contribution in [2.24, 2.45) is 0 Å². The molecule has 2 aromatic carbocycles. The zero-order valence-electron chi connectivity index (χ0n) is 12.3. The fourth-order valence-corrected chi connectivity index (χ4v) is 3.85. The third kappa shape index (κ3) is 4.01. The lowest BCUT2D eigenvalue weighted by atomic mass is 10.3. The van der Waals surface area contributed by atoms with Gasteiger partial charge >= 0.3 is 5.97 Å². The minimum Gasteiger partial charge on any atom is -0.480 e. The molecule has 2 rings (SSSR count). The standard InChI is InChI=1S/C14H10Cl2N2O6S/c15-11-2-1-3-12(14(11)16)17(8-13(19)20)25(23,24)10-6-4-9(5-7-10)18(21)22/h1-7H,8H2,(H,19,20). The first-order chi connectivity index (χ1) is 11.6. The highest BCUT2D eigenvalue weighted by Crippen LogP contribution is 2.35. The number of benzene rings is 2. The Morgan fingerprint density at radius 2 is 1.76 bits per heavy atom. The second-order valence-corrected chi connectivity index (χ2v) is 7.38. The van der Waals surface area contributed by atoms with E-state index < -0.39 is 27.5 Å². The van der Waals surface area contributed by atoms with E-state index in [9.17, 15) is 23.3 Å². The van der Waals surface area contributed by atoms with Crippen LogP contribution in [0.3, 0.4) is 0 Å². The molecule has 0 amide bonds. The minimum atomic E-state index is -4.34. The zero-order chi connectivity index (χ0) is 18.8. The lowest BCUT2D eigenvalue weighted by Crippen LogP contribution is -2.36. The SMILES string of the molecule is O=C(O)CN(c1cccc(Cl)c1Cl)S(=O)(=O)c1ccc([N+](=O)[O-])cc1. The van der Waals surface area contributed by atoms with Crippen LogP contribution in [0.25, 0.3) is 0 Å². The summed E-state index contributed by atoms with van der Waals surface area (Å²) in [5.41, 5.74) is -0.417. The molecule has 0 aliphatic carbocycles. The molecular formula is C14H10Cl2N2O6S. The maximum atomic E-state index is 12.8. The van der Waals surface area contributed by atoms with Gasteiger partial charge in [0, 0.05) is 12.1 Å². The molecule has 0 heterocycles. The van der Waals surface area contributed by atoms with E-state index in [-0.39, 0.29) is 26.3 Å². The van der Waals surface area contributed by atoms with Crippen LogP contribution in [-0.2, 0) is 14.8 Å². The van der Waals surface area contributed by atoms with Gasteiger partial charge in [-0.05, 0) is 24.3 Å². The first kappa shape index (κ1) is 19.0. The number of rotatable bonds is 6. The summed E-state index contributed by atoms with van der Waals surface area (Å²) in [4.78, 5) is 20.8. The molecule has 1 N–H and O–H groups in total. The fourth-order valence-electron chi connectivity index (χ4n) is 1.97. The molecular weight excluding hydrogens is 395 g/mol. The van der Waals surface area contributed by atoms with Crippen LogP contribution in [0.15, 0.2) is 47.4 Å². The average Bonchev–Trinajstić information content (AvgIpc) is 2.55. The smallest absolute Gasteiger partial charge is 0.324 e. The van der Waals surface area contributed by atoms with Gasteiger partial charge in [0.05, 0.1) is 25.6 Å². The number of halogens is 2. The molecule has 11 heteroatoms. The third-order valence-electron chi connectivity index (χ3n) is 3.11. The summed E-state index contributed by atoms with van der Waals surface area (Å²) in [5, 5.41) is 19.7. The van der Waals surface area contributed by atoms with Crippen LogP contribution >= 0.6 is 23.2 Å². The quantitative estimate of drug-likeness (QED) is 0.583. The predicted octanol–water partition coefficient (Wildman–Crippen LogP) is 3.18. The Labute approximate surface area is 152 Å². The Morgan fingerprint density at radius 3 is 2.28 bits per heavy atom. The van der Waals surface area contributed by atoms with Crippen molar-refractivity contribution in [3.8, 4) is 0 Å². The van der Waals surface area contributed by atoms with Crippen LogP contribution in [0, 0.1) is 10.1 Å². The molecule has 0 radical (unpaired) electrons. The normalized spacial score (nSPS) is 11.1. The maximum absolute atomic E-state index is 12.8. The van der Waals surface area contributed by atoms with Crippen molar-refractivity contribution < 1.29 is 23.2 Å². The summed E-state index contributed by atoms with van der Waals surface area (Å²) in [6, 6.07) is 8.19. The highest BCUT2D eigenvalue weighted by molar-refractivity contribution is 7.92. The highest BCUT2D eigenvalue weighted by Gasteiger charge is 2.29. The Balaban J connectivity index is 2.58. The molecule has 25 heavy (non-hydrogen) atoms. The Bertz CT molecular complexity index is 931. The molecule has 0 aliphatic heterocycles. The summed E-state index contributed by atoms with van der Waals surface area (Å²) in [5.74, 6) is -1.42. The topological polar surface area (TPSA) is 118 Å². The summed E-state index contributed by atoms with van der Waals surface area (Å²) in [6.07, 6.45) is 0. The third-order valence-corrected chi connectivity index (χ3v) is 5.70. The monoisotopic (exact) mass is 404 g/mol. The van der Waals surface area contributed by atoms with Gasteiger partial charge in [-0.25, -0.2) is 8.42 Å². The maximum Gasteiger partial charge on any atom is 0.324 e. The van der Waals surface area contributed by atoms with E-state index in [1.807, 2.05) is 0 Å². The van der Waals surface area contributed by atoms with E-state index in [1.165, 1.54) is 18.2 Å². The van der Waals surface area contributed by atoms with E-state index >= 15 is 0 Å². The molecule has 0 bridgehead atoms. The van der Waals surface area contributed by atoms with Gasteiger partial charge in [0.2, 0.25) is 0 Å². The van der Waals surface area contributed by atoms with Crippen LogP contribution < -0.4 is 4.31 Å². The summed E-state index contributed by atoms with van der Waals surface area (Å²) < 4.78 is 26.2. The van der Waals surface area contributed by atoms with Gasteiger partial charge in [0.25, 0.3) is 15.7 Å². The number of carboxylic acids is 1. The summed E-state index contributed by atoms with van der Waals surface area (Å²) >= 11 is 11.9. The second-order valence-electron chi connectivity index (χ2n) is 4.73. The lowest BCUT2D eigenvalue weighted by Gasteiger charge is -2.24. The number of sulfonamides is 1. The average molecular weight is 405 g/mol. The van der Waals surface area contributed by atoms with Crippen LogP contribution in [-0.4, -0.2) is 31.0 Å². The van der Waals surface area contributed by atoms with Gasteiger partial charge in [0.15, 0.2) is 0 Å². The van der Waals surface area contributed by atoms with Crippen molar-refractivity contribution in [2.75, 3.05) is 10.8 Å². The van der Waals surface area contributed by atoms with Crippen LogP contribution in [0.1, 0.15) is 0 Å². The van der Waals surface area contributed by atoms with Crippen molar-refractivity contribution in [3.63, 3.8) is 0 Å². The van der Waals surface area contributed by atoms with Crippen LogP contribution in [0.5, 0.6) is 0 Å². The van der Waals surface area contributed by atoms with E-state index in [1.54, 1.807) is 0 Å². The molecule has 0 aromatic heterocycles. The van der Waals surface area contributed by atoms with Gasteiger partial charge in [-0.1, -0.05) is 29.3 Å². The number of nitrogens with zero attached hydrogens (tertiary/aromatic N) is 2. The first-order valence-corrected chi connectivity index (χ1v) is 8.77.